The standard InChI is InChI=1S/C15H24ClN3O/c1-3-12-11(15(16)18(2)17-12)10-19-8-9-20-14-7-5-4-6-13(14)19/h13-14H,3-10H2,1-2H3/t13-,14-/m0/s1. The first-order valence-corrected chi connectivity index (χ1v) is 8.14. The molecule has 0 bridgehead atoms. The van der Waals surface area contributed by atoms with Gasteiger partial charge in [-0.25, -0.2) is 0 Å². The van der Waals surface area contributed by atoms with Crippen LogP contribution in [0.5, 0.6) is 0 Å². The van der Waals surface area contributed by atoms with Crippen LogP contribution in [0, 0.1) is 0 Å². The number of aromatic nitrogens is 2. The number of morpholine rings is 1. The first-order valence-electron chi connectivity index (χ1n) is 7.76. The molecule has 3 rings (SSSR count). The quantitative estimate of drug-likeness (QED) is 0.859. The molecule has 0 radical (unpaired) electrons. The van der Waals surface area contributed by atoms with Gasteiger partial charge in [-0.3, -0.25) is 9.58 Å². The normalized spacial score (nSPS) is 27.6. The van der Waals surface area contributed by atoms with E-state index < -0.39 is 0 Å². The van der Waals surface area contributed by atoms with Gasteiger partial charge in [0.1, 0.15) is 5.15 Å². The van der Waals surface area contributed by atoms with Crippen LogP contribution in [0.2, 0.25) is 5.15 Å². The molecule has 1 aromatic rings. The molecule has 2 atom stereocenters. The smallest absolute Gasteiger partial charge is 0.131 e. The van der Waals surface area contributed by atoms with Crippen LogP contribution in [0.1, 0.15) is 43.9 Å². The minimum absolute atomic E-state index is 0.429. The highest BCUT2D eigenvalue weighted by Crippen LogP contribution is 2.31. The van der Waals surface area contributed by atoms with E-state index >= 15 is 0 Å². The SMILES string of the molecule is CCc1nn(C)c(Cl)c1CN1CCO[C@H]2CCCC[C@@H]21. The third-order valence-corrected chi connectivity index (χ3v) is 5.17. The molecule has 5 heteroatoms. The Morgan fingerprint density at radius 1 is 1.35 bits per heavy atom. The van der Waals surface area contributed by atoms with E-state index in [4.69, 9.17) is 16.3 Å². The van der Waals surface area contributed by atoms with Crippen LogP contribution in [-0.2, 0) is 24.8 Å². The van der Waals surface area contributed by atoms with Gasteiger partial charge in [0.15, 0.2) is 0 Å². The molecule has 0 amide bonds. The lowest BCUT2D eigenvalue weighted by Gasteiger charge is -2.43. The van der Waals surface area contributed by atoms with Crippen molar-refractivity contribution in [3.63, 3.8) is 0 Å². The van der Waals surface area contributed by atoms with Gasteiger partial charge in [0, 0.05) is 31.7 Å². The number of hydrogen-bond donors (Lipinski definition) is 0. The average molecular weight is 298 g/mol. The predicted molar refractivity (Wildman–Crippen MR) is 80.0 cm³/mol. The Hall–Kier alpha value is -0.580. The third-order valence-electron chi connectivity index (χ3n) is 4.70. The molecule has 2 aliphatic rings. The summed E-state index contributed by atoms with van der Waals surface area (Å²) in [6.45, 7) is 4.92. The Morgan fingerprint density at radius 2 is 2.15 bits per heavy atom. The van der Waals surface area contributed by atoms with Crippen LogP contribution in [0.15, 0.2) is 0 Å². The molecule has 2 fully saturated rings. The van der Waals surface area contributed by atoms with Crippen LogP contribution in [-0.4, -0.2) is 40.0 Å². The fourth-order valence-corrected chi connectivity index (χ4v) is 3.82. The summed E-state index contributed by atoms with van der Waals surface area (Å²) in [7, 11) is 1.92. The van der Waals surface area contributed by atoms with Gasteiger partial charge in [0.05, 0.1) is 18.4 Å². The minimum atomic E-state index is 0.429. The van der Waals surface area contributed by atoms with Gasteiger partial charge in [-0.1, -0.05) is 31.4 Å². The monoisotopic (exact) mass is 297 g/mol. The number of rotatable bonds is 3. The van der Waals surface area contributed by atoms with Gasteiger partial charge >= 0.3 is 0 Å². The van der Waals surface area contributed by atoms with E-state index in [1.165, 1.54) is 31.2 Å². The Balaban J connectivity index is 1.79. The number of aryl methyl sites for hydroxylation is 2. The summed E-state index contributed by atoms with van der Waals surface area (Å²) in [5.74, 6) is 0. The van der Waals surface area contributed by atoms with E-state index in [0.717, 1.165) is 37.0 Å². The van der Waals surface area contributed by atoms with Crippen LogP contribution in [0.25, 0.3) is 0 Å². The van der Waals surface area contributed by atoms with Crippen molar-refractivity contribution in [2.45, 2.75) is 57.7 Å². The lowest BCUT2D eigenvalue weighted by Crippen LogP contribution is -2.52. The van der Waals surface area contributed by atoms with Gasteiger partial charge in [0.25, 0.3) is 0 Å². The molecule has 1 aromatic heterocycles. The molecule has 0 spiro atoms. The van der Waals surface area contributed by atoms with Crippen LogP contribution in [0.4, 0.5) is 0 Å². The maximum Gasteiger partial charge on any atom is 0.131 e. The molecular formula is C15H24ClN3O. The van der Waals surface area contributed by atoms with Crippen molar-refractivity contribution in [3.05, 3.63) is 16.4 Å². The summed E-state index contributed by atoms with van der Waals surface area (Å²) < 4.78 is 7.75. The second-order valence-electron chi connectivity index (χ2n) is 5.92. The minimum Gasteiger partial charge on any atom is -0.375 e. The summed E-state index contributed by atoms with van der Waals surface area (Å²) in [6, 6.07) is 0.568. The first-order chi connectivity index (χ1) is 9.70. The van der Waals surface area contributed by atoms with E-state index in [1.54, 1.807) is 4.68 Å². The predicted octanol–water partition coefficient (Wildman–Crippen LogP) is 2.78. The van der Waals surface area contributed by atoms with Gasteiger partial charge < -0.3 is 4.74 Å². The summed E-state index contributed by atoms with van der Waals surface area (Å²) in [5, 5.41) is 5.32. The van der Waals surface area contributed by atoms with E-state index in [1.807, 2.05) is 7.05 Å². The highest BCUT2D eigenvalue weighted by molar-refractivity contribution is 6.30. The summed E-state index contributed by atoms with van der Waals surface area (Å²) in [5.41, 5.74) is 2.35. The molecule has 20 heavy (non-hydrogen) atoms. The largest absolute Gasteiger partial charge is 0.375 e. The van der Waals surface area contributed by atoms with Crippen molar-refractivity contribution in [2.24, 2.45) is 7.05 Å². The molecule has 1 saturated heterocycles. The molecule has 112 valence electrons. The molecule has 0 unspecified atom stereocenters. The highest BCUT2D eigenvalue weighted by atomic mass is 35.5. The second-order valence-corrected chi connectivity index (χ2v) is 6.28. The van der Waals surface area contributed by atoms with E-state index in [2.05, 4.69) is 16.9 Å². The number of fused-ring (bicyclic) bond motifs is 1. The Morgan fingerprint density at radius 3 is 2.95 bits per heavy atom. The van der Waals surface area contributed by atoms with Gasteiger partial charge in [-0.05, 0) is 19.3 Å². The molecule has 1 aliphatic carbocycles. The van der Waals surface area contributed by atoms with Crippen molar-refractivity contribution >= 4 is 11.6 Å². The molecule has 1 saturated carbocycles. The lowest BCUT2D eigenvalue weighted by atomic mass is 9.90. The summed E-state index contributed by atoms with van der Waals surface area (Å²) in [4.78, 5) is 2.56. The van der Waals surface area contributed by atoms with Crippen LogP contribution in [0.3, 0.4) is 0 Å². The average Bonchev–Trinajstić information content (AvgIpc) is 2.75. The fourth-order valence-electron chi connectivity index (χ4n) is 3.62. The number of hydrogen-bond acceptors (Lipinski definition) is 3. The van der Waals surface area contributed by atoms with Crippen molar-refractivity contribution in [3.8, 4) is 0 Å². The summed E-state index contributed by atoms with van der Waals surface area (Å²) in [6.07, 6.45) is 6.46. The van der Waals surface area contributed by atoms with Gasteiger partial charge in [0.2, 0.25) is 0 Å². The Bertz CT molecular complexity index is 472. The lowest BCUT2D eigenvalue weighted by molar-refractivity contribution is -0.0911. The van der Waals surface area contributed by atoms with Crippen LogP contribution >= 0.6 is 11.6 Å². The highest BCUT2D eigenvalue weighted by Gasteiger charge is 2.34. The van der Waals surface area contributed by atoms with Crippen molar-refractivity contribution < 1.29 is 4.74 Å². The van der Waals surface area contributed by atoms with Crippen LogP contribution < -0.4 is 0 Å². The maximum absolute atomic E-state index is 6.43. The zero-order valence-electron chi connectivity index (χ0n) is 12.4. The first kappa shape index (κ1) is 14.4. The van der Waals surface area contributed by atoms with Gasteiger partial charge in [-0.2, -0.15) is 5.10 Å². The summed E-state index contributed by atoms with van der Waals surface area (Å²) >= 11 is 6.43. The molecule has 2 heterocycles. The Kier molecular flexibility index (Phi) is 4.34. The number of nitrogens with zero attached hydrogens (tertiary/aromatic N) is 3. The molecule has 1 aliphatic heterocycles. The third kappa shape index (κ3) is 2.61. The molecule has 0 N–H and O–H groups in total. The van der Waals surface area contributed by atoms with Gasteiger partial charge in [-0.15, -0.1) is 0 Å². The zero-order valence-corrected chi connectivity index (χ0v) is 13.2. The molecular weight excluding hydrogens is 274 g/mol. The topological polar surface area (TPSA) is 30.3 Å². The number of ether oxygens (including phenoxy) is 1. The fraction of sp³-hybridized carbons (Fsp3) is 0.800. The van der Waals surface area contributed by atoms with Crippen molar-refractivity contribution in [1.29, 1.82) is 0 Å². The Labute approximate surface area is 126 Å². The zero-order chi connectivity index (χ0) is 14.1. The van der Waals surface area contributed by atoms with E-state index in [0.29, 0.717) is 12.1 Å². The van der Waals surface area contributed by atoms with Crippen molar-refractivity contribution in [1.82, 2.24) is 14.7 Å². The molecule has 4 nitrogen and oxygen atoms in total. The maximum atomic E-state index is 6.43. The number of halogens is 1. The second kappa shape index (κ2) is 6.04. The molecule has 0 aromatic carbocycles. The van der Waals surface area contributed by atoms with E-state index in [9.17, 15) is 0 Å². The van der Waals surface area contributed by atoms with E-state index in [-0.39, 0.29) is 0 Å². The van der Waals surface area contributed by atoms with Crippen molar-refractivity contribution in [2.75, 3.05) is 13.2 Å².